The molecule has 0 aliphatic rings. The van der Waals surface area contributed by atoms with Gasteiger partial charge in [-0.05, 0) is 25.1 Å². The van der Waals surface area contributed by atoms with Gasteiger partial charge in [-0.2, -0.15) is 0 Å². The molecular weight excluding hydrogens is 417 g/mol. The number of nitrogen functional groups attached to an aromatic ring is 1. The second-order valence-corrected chi connectivity index (χ2v) is 6.64. The monoisotopic (exact) mass is 433 g/mol. The van der Waals surface area contributed by atoms with Crippen molar-refractivity contribution < 1.29 is 19.0 Å². The molecule has 0 atom stereocenters. The summed E-state index contributed by atoms with van der Waals surface area (Å²) in [6.45, 7) is 1.93. The van der Waals surface area contributed by atoms with E-state index in [1.807, 2.05) is 0 Å². The summed E-state index contributed by atoms with van der Waals surface area (Å²) in [5.41, 5.74) is 7.47. The highest BCUT2D eigenvalue weighted by molar-refractivity contribution is 6.31. The molecule has 2 aromatic heterocycles. The third-order valence-corrected chi connectivity index (χ3v) is 4.26. The lowest BCUT2D eigenvalue weighted by molar-refractivity contribution is 0.0527. The number of carbonyl (C=O) groups excluding carboxylic acids is 1. The van der Waals surface area contributed by atoms with Gasteiger partial charge in [0.05, 0.1) is 25.5 Å². The van der Waals surface area contributed by atoms with Gasteiger partial charge in [-0.1, -0.05) is 23.2 Å². The van der Waals surface area contributed by atoms with Crippen LogP contribution in [0.5, 0.6) is 17.4 Å². The molecule has 1 aromatic carbocycles. The van der Waals surface area contributed by atoms with Crippen LogP contribution in [0, 0.1) is 0 Å². The van der Waals surface area contributed by atoms with Gasteiger partial charge < -0.3 is 19.9 Å². The zero-order valence-corrected chi connectivity index (χ0v) is 17.1. The van der Waals surface area contributed by atoms with E-state index in [-0.39, 0.29) is 23.2 Å². The van der Waals surface area contributed by atoms with Crippen LogP contribution < -0.4 is 15.2 Å². The van der Waals surface area contributed by atoms with Crippen molar-refractivity contribution in [3.63, 3.8) is 0 Å². The number of pyridine rings is 2. The number of carbonyl (C=O) groups is 1. The topological polar surface area (TPSA) is 96.6 Å². The Morgan fingerprint density at radius 2 is 1.86 bits per heavy atom. The van der Waals surface area contributed by atoms with Gasteiger partial charge >= 0.3 is 5.97 Å². The molecule has 0 aliphatic carbocycles. The Kier molecular flexibility index (Phi) is 6.41. The number of methoxy groups -OCH3 is 1. The molecule has 0 fully saturated rings. The highest BCUT2D eigenvalue weighted by Gasteiger charge is 2.20. The molecule has 0 bridgehead atoms. The summed E-state index contributed by atoms with van der Waals surface area (Å²) in [7, 11) is 1.49. The summed E-state index contributed by atoms with van der Waals surface area (Å²) < 4.78 is 16.3. The van der Waals surface area contributed by atoms with Crippen molar-refractivity contribution in [2.75, 3.05) is 19.5 Å². The number of hydrogen-bond acceptors (Lipinski definition) is 7. The van der Waals surface area contributed by atoms with E-state index in [9.17, 15) is 4.79 Å². The Hall–Kier alpha value is -3.03. The van der Waals surface area contributed by atoms with Crippen molar-refractivity contribution in [3.05, 3.63) is 58.5 Å². The van der Waals surface area contributed by atoms with E-state index in [0.717, 1.165) is 0 Å². The van der Waals surface area contributed by atoms with Crippen molar-refractivity contribution in [2.45, 2.75) is 6.92 Å². The molecule has 29 heavy (non-hydrogen) atoms. The van der Waals surface area contributed by atoms with Crippen LogP contribution in [0.1, 0.15) is 17.3 Å². The normalized spacial score (nSPS) is 10.5. The van der Waals surface area contributed by atoms with Gasteiger partial charge in [0.15, 0.2) is 0 Å². The fourth-order valence-electron chi connectivity index (χ4n) is 2.64. The number of ether oxygens (including phenoxy) is 3. The Balaban J connectivity index is 2.12. The number of hydrogen-bond donors (Lipinski definition) is 1. The summed E-state index contributed by atoms with van der Waals surface area (Å²) in [5.74, 6) is 0.495. The van der Waals surface area contributed by atoms with E-state index in [1.165, 1.54) is 19.5 Å². The lowest BCUT2D eigenvalue weighted by Gasteiger charge is -2.14. The van der Waals surface area contributed by atoms with Gasteiger partial charge in [0, 0.05) is 40.2 Å². The molecule has 0 spiro atoms. The highest BCUT2D eigenvalue weighted by atomic mass is 35.5. The average Bonchev–Trinajstić information content (AvgIpc) is 2.67. The number of anilines is 1. The maximum absolute atomic E-state index is 12.5. The number of aromatic nitrogens is 2. The maximum Gasteiger partial charge on any atom is 0.340 e. The fraction of sp³-hybridized carbons (Fsp3) is 0.150. The van der Waals surface area contributed by atoms with Gasteiger partial charge in [0.25, 0.3) is 0 Å². The molecule has 0 aliphatic heterocycles. The third-order valence-electron chi connectivity index (χ3n) is 3.83. The smallest absolute Gasteiger partial charge is 0.340 e. The Morgan fingerprint density at radius 1 is 1.07 bits per heavy atom. The summed E-state index contributed by atoms with van der Waals surface area (Å²) in [6, 6.07) is 7.97. The number of nitrogens with two attached hydrogens (primary N) is 1. The summed E-state index contributed by atoms with van der Waals surface area (Å²) in [6.07, 6.45) is 2.83. The number of esters is 1. The second-order valence-electron chi connectivity index (χ2n) is 5.82. The minimum atomic E-state index is -0.538. The van der Waals surface area contributed by atoms with E-state index in [0.29, 0.717) is 33.3 Å². The minimum Gasteiger partial charge on any atom is -0.494 e. The Labute approximate surface area is 177 Å². The summed E-state index contributed by atoms with van der Waals surface area (Å²) in [4.78, 5) is 20.7. The van der Waals surface area contributed by atoms with E-state index >= 15 is 0 Å². The number of benzene rings is 1. The first-order valence-electron chi connectivity index (χ1n) is 8.52. The molecule has 0 radical (unpaired) electrons. The fourth-order valence-corrected chi connectivity index (χ4v) is 3.03. The van der Waals surface area contributed by atoms with Crippen LogP contribution in [0.2, 0.25) is 10.2 Å². The first-order valence-corrected chi connectivity index (χ1v) is 9.27. The Bertz CT molecular complexity index is 1040. The maximum atomic E-state index is 12.5. The quantitative estimate of drug-likeness (QED) is 0.331. The van der Waals surface area contributed by atoms with Crippen molar-refractivity contribution in [1.29, 1.82) is 0 Å². The molecule has 2 heterocycles. The average molecular weight is 434 g/mol. The zero-order chi connectivity index (χ0) is 21.0. The van der Waals surface area contributed by atoms with Crippen LogP contribution in [0.25, 0.3) is 11.1 Å². The van der Waals surface area contributed by atoms with Crippen molar-refractivity contribution >= 4 is 34.9 Å². The van der Waals surface area contributed by atoms with Crippen LogP contribution in [0.3, 0.4) is 0 Å². The van der Waals surface area contributed by atoms with E-state index in [4.69, 9.17) is 43.1 Å². The van der Waals surface area contributed by atoms with E-state index < -0.39 is 5.97 Å². The van der Waals surface area contributed by atoms with E-state index in [2.05, 4.69) is 9.97 Å². The first kappa shape index (κ1) is 20.7. The molecule has 0 amide bonds. The van der Waals surface area contributed by atoms with Gasteiger partial charge in [-0.3, -0.25) is 0 Å². The van der Waals surface area contributed by atoms with Crippen molar-refractivity contribution in [3.8, 4) is 28.5 Å². The van der Waals surface area contributed by atoms with Crippen LogP contribution in [0.4, 0.5) is 5.69 Å². The molecule has 2 N–H and O–H groups in total. The van der Waals surface area contributed by atoms with Crippen LogP contribution in [0.15, 0.2) is 42.7 Å². The molecule has 0 unspecified atom stereocenters. The SMILES string of the molecule is CCOC(=O)c1cnc(Oc2cc(N)cc(Cl)c2)cc1-c1cc(Cl)ncc1OC. The molecular formula is C20H17Cl2N3O4. The molecule has 3 rings (SSSR count). The largest absolute Gasteiger partial charge is 0.494 e. The zero-order valence-electron chi connectivity index (χ0n) is 15.6. The van der Waals surface area contributed by atoms with Gasteiger partial charge in [0.1, 0.15) is 16.7 Å². The highest BCUT2D eigenvalue weighted by Crippen LogP contribution is 2.36. The van der Waals surface area contributed by atoms with Crippen LogP contribution >= 0.6 is 23.2 Å². The van der Waals surface area contributed by atoms with Crippen molar-refractivity contribution in [1.82, 2.24) is 9.97 Å². The molecule has 9 heteroatoms. The molecule has 3 aromatic rings. The first-order chi connectivity index (χ1) is 13.9. The van der Waals surface area contributed by atoms with Crippen LogP contribution in [-0.4, -0.2) is 29.7 Å². The van der Waals surface area contributed by atoms with Gasteiger partial charge in [0.2, 0.25) is 5.88 Å². The van der Waals surface area contributed by atoms with Crippen molar-refractivity contribution in [2.24, 2.45) is 0 Å². The van der Waals surface area contributed by atoms with Gasteiger partial charge in [-0.25, -0.2) is 14.8 Å². The molecule has 7 nitrogen and oxygen atoms in total. The second kappa shape index (κ2) is 8.98. The predicted octanol–water partition coefficient (Wildman–Crippen LogP) is 5.01. The lowest BCUT2D eigenvalue weighted by Crippen LogP contribution is -2.08. The molecule has 0 saturated heterocycles. The summed E-state index contributed by atoms with van der Waals surface area (Å²) >= 11 is 12.1. The third kappa shape index (κ3) is 4.88. The molecule has 0 saturated carbocycles. The predicted molar refractivity (Wildman–Crippen MR) is 111 cm³/mol. The van der Waals surface area contributed by atoms with Gasteiger partial charge in [-0.15, -0.1) is 0 Å². The number of rotatable bonds is 6. The molecule has 150 valence electrons. The van der Waals surface area contributed by atoms with Crippen LogP contribution in [-0.2, 0) is 4.74 Å². The number of nitrogens with zero attached hydrogens (tertiary/aromatic N) is 2. The number of halogens is 2. The summed E-state index contributed by atoms with van der Waals surface area (Å²) in [5, 5.41) is 0.656. The lowest BCUT2D eigenvalue weighted by atomic mass is 10.0. The Morgan fingerprint density at radius 3 is 2.55 bits per heavy atom. The van der Waals surface area contributed by atoms with E-state index in [1.54, 1.807) is 37.3 Å². The minimum absolute atomic E-state index is 0.213. The standard InChI is InChI=1S/C20H17Cl2N3O4/c1-3-28-20(26)16-9-25-19(29-13-5-11(21)4-12(23)6-13)8-14(16)15-7-18(22)24-10-17(15)27-2/h4-10H,3,23H2,1-2H3.